The second-order valence-corrected chi connectivity index (χ2v) is 12.6. The fourth-order valence-electron chi connectivity index (χ4n) is 6.03. The highest BCUT2D eigenvalue weighted by Gasteiger charge is 2.37. The van der Waals surface area contributed by atoms with Gasteiger partial charge >= 0.3 is 0 Å². The van der Waals surface area contributed by atoms with E-state index in [-0.39, 0.29) is 30.6 Å². The molecule has 2 N–H and O–H groups in total. The van der Waals surface area contributed by atoms with Gasteiger partial charge in [-0.1, -0.05) is 48.5 Å². The molecule has 2 amide bonds. The summed E-state index contributed by atoms with van der Waals surface area (Å²) >= 11 is 1.51. The SMILES string of the molecule is Cc1ncsc1-c1nc2ccccc2n1CC(=O)NCC1(NC(=O)c2cccc(-n3cncn3)n2)CCN(Cc2ccccc2)CC1. The van der Waals surface area contributed by atoms with Gasteiger partial charge in [0.05, 0.1) is 32.7 Å². The Labute approximate surface area is 275 Å². The first-order valence-electron chi connectivity index (χ1n) is 15.5. The average molecular weight is 647 g/mol. The van der Waals surface area contributed by atoms with E-state index in [2.05, 4.69) is 47.7 Å². The van der Waals surface area contributed by atoms with Crippen molar-refractivity contribution in [2.75, 3.05) is 19.6 Å². The van der Waals surface area contributed by atoms with Crippen molar-refractivity contribution in [2.45, 2.75) is 38.4 Å². The number of pyridine rings is 1. The molecule has 12 nitrogen and oxygen atoms in total. The molecular formula is C34H34N10O2S. The van der Waals surface area contributed by atoms with Crippen LogP contribution in [0.1, 0.15) is 34.6 Å². The number of aryl methyl sites for hydroxylation is 1. The zero-order chi connectivity index (χ0) is 32.2. The summed E-state index contributed by atoms with van der Waals surface area (Å²) in [5.74, 6) is 0.746. The van der Waals surface area contributed by atoms with Crippen LogP contribution in [0.25, 0.3) is 27.6 Å². The molecule has 0 bridgehead atoms. The Kier molecular flexibility index (Phi) is 8.55. The maximum absolute atomic E-state index is 13.7. The summed E-state index contributed by atoms with van der Waals surface area (Å²) in [6.07, 6.45) is 4.28. The van der Waals surface area contributed by atoms with Crippen LogP contribution in [0.2, 0.25) is 0 Å². The zero-order valence-electron chi connectivity index (χ0n) is 25.9. The predicted octanol–water partition coefficient (Wildman–Crippen LogP) is 4.02. The highest BCUT2D eigenvalue weighted by Crippen LogP contribution is 2.30. The minimum atomic E-state index is -0.668. The molecule has 0 spiro atoms. The lowest BCUT2D eigenvalue weighted by atomic mass is 9.86. The van der Waals surface area contributed by atoms with Crippen LogP contribution in [0, 0.1) is 6.92 Å². The van der Waals surface area contributed by atoms with Crippen molar-refractivity contribution >= 4 is 34.2 Å². The fourth-order valence-corrected chi connectivity index (χ4v) is 6.83. The van der Waals surface area contributed by atoms with Gasteiger partial charge in [0.1, 0.15) is 24.9 Å². The molecule has 0 unspecified atom stereocenters. The van der Waals surface area contributed by atoms with Gasteiger partial charge in [0.25, 0.3) is 5.91 Å². The van der Waals surface area contributed by atoms with Crippen molar-refractivity contribution in [1.82, 2.24) is 49.8 Å². The maximum atomic E-state index is 13.7. The van der Waals surface area contributed by atoms with Gasteiger partial charge < -0.3 is 15.2 Å². The van der Waals surface area contributed by atoms with E-state index >= 15 is 0 Å². The monoisotopic (exact) mass is 646 g/mol. The molecule has 0 atom stereocenters. The predicted molar refractivity (Wildman–Crippen MR) is 179 cm³/mol. The lowest BCUT2D eigenvalue weighted by molar-refractivity contribution is -0.122. The van der Waals surface area contributed by atoms with Gasteiger partial charge in [-0.2, -0.15) is 5.10 Å². The van der Waals surface area contributed by atoms with Gasteiger partial charge in [0, 0.05) is 26.2 Å². The van der Waals surface area contributed by atoms with Crippen molar-refractivity contribution in [2.24, 2.45) is 0 Å². The number of amides is 2. The standard InChI is InChI=1S/C34H34N10O2S/c1-24-31(47-23-37-24)32-40-26-10-5-6-12-28(26)43(32)19-30(45)36-20-34(14-16-42(17-15-34)18-25-8-3-2-4-9-25)41-33(46)27-11-7-13-29(39-27)44-22-35-21-38-44/h2-13,21-23H,14-20H2,1H3,(H,36,45)(H,41,46). The minimum Gasteiger partial charge on any atom is -0.352 e. The van der Waals surface area contributed by atoms with Crippen LogP contribution in [0.4, 0.5) is 0 Å². The van der Waals surface area contributed by atoms with Gasteiger partial charge in [0.15, 0.2) is 11.6 Å². The van der Waals surface area contributed by atoms with Gasteiger partial charge in [-0.3, -0.25) is 14.5 Å². The number of likely N-dealkylation sites (tertiary alicyclic amines) is 1. The molecule has 0 aliphatic carbocycles. The smallest absolute Gasteiger partial charge is 0.270 e. The summed E-state index contributed by atoms with van der Waals surface area (Å²) in [6, 6.07) is 23.4. The van der Waals surface area contributed by atoms with Gasteiger partial charge in [-0.25, -0.2) is 24.6 Å². The molecule has 0 radical (unpaired) electrons. The van der Waals surface area contributed by atoms with E-state index in [0.29, 0.717) is 18.7 Å². The Morgan fingerprint density at radius 3 is 2.53 bits per heavy atom. The van der Waals surface area contributed by atoms with Crippen LogP contribution in [0.5, 0.6) is 0 Å². The van der Waals surface area contributed by atoms with E-state index in [0.717, 1.165) is 47.1 Å². The molecule has 1 saturated heterocycles. The molecule has 1 fully saturated rings. The van der Waals surface area contributed by atoms with Crippen molar-refractivity contribution in [1.29, 1.82) is 0 Å². The van der Waals surface area contributed by atoms with Crippen LogP contribution in [0.15, 0.2) is 91.0 Å². The van der Waals surface area contributed by atoms with E-state index in [4.69, 9.17) is 4.98 Å². The second-order valence-electron chi connectivity index (χ2n) is 11.8. The van der Waals surface area contributed by atoms with E-state index in [1.165, 1.54) is 34.2 Å². The van der Waals surface area contributed by atoms with E-state index in [1.54, 1.807) is 23.7 Å². The second kappa shape index (κ2) is 13.2. The molecule has 238 valence electrons. The summed E-state index contributed by atoms with van der Waals surface area (Å²) < 4.78 is 3.45. The Balaban J connectivity index is 1.10. The normalized spacial score (nSPS) is 14.7. The molecule has 1 aliphatic heterocycles. The number of carbonyl (C=O) groups is 2. The van der Waals surface area contributed by atoms with E-state index in [1.807, 2.05) is 54.0 Å². The number of carbonyl (C=O) groups excluding carboxylic acids is 2. The maximum Gasteiger partial charge on any atom is 0.270 e. The third-order valence-electron chi connectivity index (χ3n) is 8.59. The van der Waals surface area contributed by atoms with Crippen LogP contribution in [0.3, 0.4) is 0 Å². The topological polar surface area (TPSA) is 136 Å². The first-order valence-corrected chi connectivity index (χ1v) is 16.4. The van der Waals surface area contributed by atoms with Crippen molar-refractivity contribution in [3.63, 3.8) is 0 Å². The third-order valence-corrected chi connectivity index (χ3v) is 9.51. The molecule has 4 aromatic heterocycles. The van der Waals surface area contributed by atoms with Crippen molar-refractivity contribution < 1.29 is 9.59 Å². The number of imidazole rings is 1. The Hall–Kier alpha value is -5.27. The summed E-state index contributed by atoms with van der Waals surface area (Å²) in [5, 5.41) is 10.6. The highest BCUT2D eigenvalue weighted by molar-refractivity contribution is 7.13. The largest absolute Gasteiger partial charge is 0.352 e. The van der Waals surface area contributed by atoms with Crippen LogP contribution >= 0.6 is 11.3 Å². The molecule has 5 heterocycles. The van der Waals surface area contributed by atoms with Gasteiger partial charge in [-0.15, -0.1) is 11.3 Å². The van der Waals surface area contributed by atoms with Crippen molar-refractivity contribution in [3.05, 3.63) is 108 Å². The minimum absolute atomic E-state index is 0.0822. The lowest BCUT2D eigenvalue weighted by Crippen LogP contribution is -2.60. The Bertz CT molecular complexity index is 2000. The number of hydrogen-bond acceptors (Lipinski definition) is 9. The Morgan fingerprint density at radius 2 is 1.77 bits per heavy atom. The first kappa shape index (κ1) is 30.4. The van der Waals surface area contributed by atoms with Crippen LogP contribution in [-0.2, 0) is 17.9 Å². The van der Waals surface area contributed by atoms with Gasteiger partial charge in [0.2, 0.25) is 5.91 Å². The summed E-state index contributed by atoms with van der Waals surface area (Å²) in [5.41, 5.74) is 5.20. The first-order chi connectivity index (χ1) is 23.0. The lowest BCUT2D eigenvalue weighted by Gasteiger charge is -2.42. The Morgan fingerprint density at radius 1 is 0.957 bits per heavy atom. The molecule has 13 heteroatoms. The van der Waals surface area contributed by atoms with Crippen LogP contribution < -0.4 is 10.6 Å². The number of hydrogen-bond donors (Lipinski definition) is 2. The van der Waals surface area contributed by atoms with Crippen molar-refractivity contribution in [3.8, 4) is 16.5 Å². The number of para-hydroxylation sites is 2. The zero-order valence-corrected chi connectivity index (χ0v) is 26.7. The summed E-state index contributed by atoms with van der Waals surface area (Å²) in [7, 11) is 0. The fraction of sp³-hybridized carbons (Fsp3) is 0.265. The molecule has 0 saturated carbocycles. The molecule has 2 aromatic carbocycles. The quantitative estimate of drug-likeness (QED) is 0.228. The number of nitrogens with one attached hydrogen (secondary N) is 2. The number of benzene rings is 2. The molecule has 6 aromatic rings. The highest BCUT2D eigenvalue weighted by atomic mass is 32.1. The van der Waals surface area contributed by atoms with Gasteiger partial charge in [-0.05, 0) is 49.6 Å². The van der Waals surface area contributed by atoms with E-state index in [9.17, 15) is 9.59 Å². The number of piperidine rings is 1. The van der Waals surface area contributed by atoms with E-state index < -0.39 is 5.54 Å². The molecule has 7 rings (SSSR count). The number of rotatable bonds is 10. The molecular weight excluding hydrogens is 613 g/mol. The molecule has 47 heavy (non-hydrogen) atoms. The van der Waals surface area contributed by atoms with Crippen LogP contribution in [-0.4, -0.2) is 76.2 Å². The average Bonchev–Trinajstić information content (AvgIpc) is 3.87. The number of thiazole rings is 1. The molecule has 1 aliphatic rings. The summed E-state index contributed by atoms with van der Waals surface area (Å²) in [4.78, 5) is 48.4. The number of aromatic nitrogens is 7. The summed E-state index contributed by atoms with van der Waals surface area (Å²) in [6.45, 7) is 4.66. The number of fused-ring (bicyclic) bond motifs is 1. The number of nitrogens with zero attached hydrogens (tertiary/aromatic N) is 8. The third kappa shape index (κ3) is 6.67.